The van der Waals surface area contributed by atoms with Crippen molar-refractivity contribution in [3.63, 3.8) is 0 Å². The van der Waals surface area contributed by atoms with Crippen molar-refractivity contribution in [2.24, 2.45) is 0 Å². The molecule has 0 atom stereocenters. The average Bonchev–Trinajstić information content (AvgIpc) is 2.45. The van der Waals surface area contributed by atoms with Gasteiger partial charge in [0.05, 0.1) is 0 Å². The molecular weight excluding hydrogens is 228 g/mol. The van der Waals surface area contributed by atoms with Crippen molar-refractivity contribution in [3.05, 3.63) is 15.0 Å². The van der Waals surface area contributed by atoms with Gasteiger partial charge in [0.15, 0.2) is 10.2 Å². The lowest BCUT2D eigenvalue weighted by molar-refractivity contribution is 0.0689. The topological polar surface area (TPSA) is 70.5 Å². The quantitative estimate of drug-likeness (QED) is 0.835. The second-order valence-electron chi connectivity index (χ2n) is 2.65. The van der Waals surface area contributed by atoms with Crippen molar-refractivity contribution in [3.8, 4) is 0 Å². The van der Waals surface area contributed by atoms with Gasteiger partial charge in [-0.15, -0.1) is 0 Å². The molecule has 0 bridgehead atoms. The van der Waals surface area contributed by atoms with Crippen LogP contribution in [-0.4, -0.2) is 41.0 Å². The van der Waals surface area contributed by atoms with Crippen LogP contribution in [0.3, 0.4) is 0 Å². The number of hydrogen-bond donors (Lipinski definition) is 1. The van der Waals surface area contributed by atoms with Crippen molar-refractivity contribution in [2.45, 2.75) is 0 Å². The maximum Gasteiger partial charge on any atom is 0.348 e. The molecule has 1 amide bonds. The van der Waals surface area contributed by atoms with Crippen LogP contribution in [-0.2, 0) is 0 Å². The number of thiazole rings is 1. The van der Waals surface area contributed by atoms with Gasteiger partial charge in [0, 0.05) is 14.1 Å². The van der Waals surface area contributed by atoms with E-state index in [-0.39, 0.29) is 15.0 Å². The van der Waals surface area contributed by atoms with Gasteiger partial charge in [-0.25, -0.2) is 9.78 Å². The van der Waals surface area contributed by atoms with Gasteiger partial charge in [-0.1, -0.05) is 22.9 Å². The van der Waals surface area contributed by atoms with Gasteiger partial charge < -0.3 is 10.0 Å². The predicted molar refractivity (Wildman–Crippen MR) is 52.1 cm³/mol. The van der Waals surface area contributed by atoms with Gasteiger partial charge in [-0.3, -0.25) is 4.79 Å². The number of carboxylic acid groups (broad SMARTS) is 1. The van der Waals surface area contributed by atoms with E-state index in [1.807, 2.05) is 0 Å². The highest BCUT2D eigenvalue weighted by molar-refractivity contribution is 7.17. The third-order valence-corrected chi connectivity index (χ3v) is 2.55. The fraction of sp³-hybridized carbons (Fsp3) is 0.286. The summed E-state index contributed by atoms with van der Waals surface area (Å²) in [7, 11) is 3.03. The molecule has 0 aromatic carbocycles. The first-order chi connectivity index (χ1) is 6.43. The number of carboxylic acids is 1. The molecule has 1 N–H and O–H groups in total. The fourth-order valence-electron chi connectivity index (χ4n) is 0.796. The molecule has 0 saturated carbocycles. The monoisotopic (exact) mass is 234 g/mol. The third-order valence-electron chi connectivity index (χ3n) is 1.40. The summed E-state index contributed by atoms with van der Waals surface area (Å²) in [5.41, 5.74) is -0.113. The predicted octanol–water partition coefficient (Wildman–Crippen LogP) is 1.20. The van der Waals surface area contributed by atoms with Crippen LogP contribution in [0.5, 0.6) is 0 Å². The first kappa shape index (κ1) is 10.9. The highest BCUT2D eigenvalue weighted by Gasteiger charge is 2.23. The Morgan fingerprint density at radius 3 is 2.50 bits per heavy atom. The van der Waals surface area contributed by atoms with E-state index in [0.29, 0.717) is 0 Å². The number of aromatic carboxylic acids is 1. The van der Waals surface area contributed by atoms with Gasteiger partial charge in [-0.2, -0.15) is 0 Å². The maximum atomic E-state index is 11.4. The van der Waals surface area contributed by atoms with Crippen LogP contribution in [0, 0.1) is 0 Å². The SMILES string of the molecule is CN(C)C(=O)c1nc(Cl)sc1C(=O)O. The Hall–Kier alpha value is -1.14. The maximum absolute atomic E-state index is 11.4. The van der Waals surface area contributed by atoms with Crippen molar-refractivity contribution < 1.29 is 14.7 Å². The van der Waals surface area contributed by atoms with Crippen molar-refractivity contribution in [1.29, 1.82) is 0 Å². The van der Waals surface area contributed by atoms with Crippen molar-refractivity contribution in [2.75, 3.05) is 14.1 Å². The minimum absolute atomic E-state index is 0.0487. The molecule has 14 heavy (non-hydrogen) atoms. The number of nitrogens with zero attached hydrogens (tertiary/aromatic N) is 2. The Labute approximate surface area is 88.9 Å². The zero-order valence-electron chi connectivity index (χ0n) is 7.44. The average molecular weight is 235 g/mol. The molecule has 0 spiro atoms. The second kappa shape index (κ2) is 3.93. The number of aromatic nitrogens is 1. The number of halogens is 1. The number of carbonyl (C=O) groups is 2. The Kier molecular flexibility index (Phi) is 3.07. The smallest absolute Gasteiger partial charge is 0.348 e. The number of carbonyl (C=O) groups excluding carboxylic acids is 1. The molecule has 0 aliphatic rings. The van der Waals surface area contributed by atoms with Crippen LogP contribution < -0.4 is 0 Å². The van der Waals surface area contributed by atoms with Crippen molar-refractivity contribution in [1.82, 2.24) is 9.88 Å². The van der Waals surface area contributed by atoms with E-state index in [1.165, 1.54) is 19.0 Å². The molecule has 1 aromatic rings. The zero-order valence-corrected chi connectivity index (χ0v) is 9.02. The third kappa shape index (κ3) is 2.02. The molecule has 1 heterocycles. The van der Waals surface area contributed by atoms with E-state index >= 15 is 0 Å². The van der Waals surface area contributed by atoms with Gasteiger partial charge >= 0.3 is 5.97 Å². The molecule has 0 radical (unpaired) electrons. The second-order valence-corrected chi connectivity index (χ2v) is 4.23. The van der Waals surface area contributed by atoms with Crippen molar-refractivity contribution >= 4 is 34.8 Å². The number of hydrogen-bond acceptors (Lipinski definition) is 4. The largest absolute Gasteiger partial charge is 0.477 e. The van der Waals surface area contributed by atoms with Gasteiger partial charge in [0.2, 0.25) is 0 Å². The standard InChI is InChI=1S/C7H7ClN2O3S/c1-10(2)5(11)3-4(6(12)13)14-7(8)9-3/h1-2H3,(H,12,13). The molecule has 0 aliphatic carbocycles. The first-order valence-corrected chi connectivity index (χ1v) is 4.74. The van der Waals surface area contributed by atoms with E-state index < -0.39 is 11.9 Å². The lowest BCUT2D eigenvalue weighted by Gasteiger charge is -2.07. The Morgan fingerprint density at radius 1 is 1.50 bits per heavy atom. The lowest BCUT2D eigenvalue weighted by Crippen LogP contribution is -2.23. The summed E-state index contributed by atoms with van der Waals surface area (Å²) in [6, 6.07) is 0. The summed E-state index contributed by atoms with van der Waals surface area (Å²) >= 11 is 6.31. The van der Waals surface area contributed by atoms with Crippen LogP contribution in [0.15, 0.2) is 0 Å². The normalized spacial score (nSPS) is 9.93. The molecule has 0 unspecified atom stereocenters. The molecule has 5 nitrogen and oxygen atoms in total. The molecule has 0 saturated heterocycles. The first-order valence-electron chi connectivity index (χ1n) is 3.54. The van der Waals surface area contributed by atoms with Gasteiger partial charge in [0.1, 0.15) is 4.88 Å². The minimum Gasteiger partial charge on any atom is -0.477 e. The highest BCUT2D eigenvalue weighted by atomic mass is 35.5. The lowest BCUT2D eigenvalue weighted by atomic mass is 10.3. The molecule has 7 heteroatoms. The molecule has 1 aromatic heterocycles. The minimum atomic E-state index is -1.19. The van der Waals surface area contributed by atoms with Crippen LogP contribution in [0.4, 0.5) is 0 Å². The van der Waals surface area contributed by atoms with E-state index in [9.17, 15) is 9.59 Å². The summed E-state index contributed by atoms with van der Waals surface area (Å²) in [5, 5.41) is 8.75. The van der Waals surface area contributed by atoms with E-state index in [0.717, 1.165) is 11.3 Å². The van der Waals surface area contributed by atoms with E-state index in [4.69, 9.17) is 16.7 Å². The summed E-state index contributed by atoms with van der Waals surface area (Å²) in [6.45, 7) is 0. The van der Waals surface area contributed by atoms with E-state index in [2.05, 4.69) is 4.98 Å². The van der Waals surface area contributed by atoms with Crippen LogP contribution in [0.1, 0.15) is 20.2 Å². The van der Waals surface area contributed by atoms with Crippen LogP contribution in [0.2, 0.25) is 4.47 Å². The number of amides is 1. The Morgan fingerprint density at radius 2 is 2.07 bits per heavy atom. The molecular formula is C7H7ClN2O3S. The molecule has 0 aliphatic heterocycles. The highest BCUT2D eigenvalue weighted by Crippen LogP contribution is 2.23. The molecule has 1 rings (SSSR count). The Bertz CT molecular complexity index is 388. The van der Waals surface area contributed by atoms with Crippen LogP contribution in [0.25, 0.3) is 0 Å². The fourth-order valence-corrected chi connectivity index (χ4v) is 1.73. The summed E-state index contributed by atoms with van der Waals surface area (Å²) in [5.74, 6) is -1.66. The number of rotatable bonds is 2. The van der Waals surface area contributed by atoms with E-state index in [1.54, 1.807) is 0 Å². The summed E-state index contributed by atoms with van der Waals surface area (Å²) < 4.78 is 0.0487. The van der Waals surface area contributed by atoms with Gasteiger partial charge in [0.25, 0.3) is 5.91 Å². The Balaban J connectivity index is 3.20. The molecule has 76 valence electrons. The molecule has 0 fully saturated rings. The van der Waals surface area contributed by atoms with Gasteiger partial charge in [-0.05, 0) is 0 Å². The summed E-state index contributed by atoms with van der Waals surface area (Å²) in [4.78, 5) is 26.9. The zero-order chi connectivity index (χ0) is 10.9. The summed E-state index contributed by atoms with van der Waals surface area (Å²) in [6.07, 6.45) is 0. The van der Waals surface area contributed by atoms with Crippen LogP contribution >= 0.6 is 22.9 Å².